The molecule has 1 aliphatic rings. The minimum Gasteiger partial charge on any atom is -0.329 e. The van der Waals surface area contributed by atoms with Crippen LogP contribution in [0.25, 0.3) is 0 Å². The molecule has 0 saturated heterocycles. The minimum atomic E-state index is -3.46. The molecule has 0 bridgehead atoms. The lowest BCUT2D eigenvalue weighted by molar-refractivity contribution is -0.124. The number of amides is 1. The molecular weight excluding hydrogens is 290 g/mol. The summed E-state index contributed by atoms with van der Waals surface area (Å²) in [6, 6.07) is 6.10. The van der Waals surface area contributed by atoms with E-state index in [1.165, 1.54) is 19.2 Å². The van der Waals surface area contributed by atoms with Gasteiger partial charge >= 0.3 is 0 Å². The van der Waals surface area contributed by atoms with E-state index in [0.717, 1.165) is 25.7 Å². The van der Waals surface area contributed by atoms with Crippen molar-refractivity contribution < 1.29 is 13.2 Å². The van der Waals surface area contributed by atoms with Gasteiger partial charge in [-0.1, -0.05) is 12.8 Å². The van der Waals surface area contributed by atoms with Crippen LogP contribution in [0, 0.1) is 5.41 Å². The molecule has 2 rings (SSSR count). The van der Waals surface area contributed by atoms with Crippen molar-refractivity contribution in [2.24, 2.45) is 11.1 Å². The Bertz CT molecular complexity index is 605. The number of nitrogens with two attached hydrogens (primary N) is 1. The summed E-state index contributed by atoms with van der Waals surface area (Å²) in [6.45, 7) is 0.338. The fourth-order valence-corrected chi connectivity index (χ4v) is 3.40. The van der Waals surface area contributed by atoms with Crippen LogP contribution < -0.4 is 15.8 Å². The number of sulfonamides is 1. The quantitative estimate of drug-likeness (QED) is 0.756. The van der Waals surface area contributed by atoms with Crippen LogP contribution in [0.4, 0.5) is 5.69 Å². The van der Waals surface area contributed by atoms with Gasteiger partial charge in [0.15, 0.2) is 0 Å². The summed E-state index contributed by atoms with van der Waals surface area (Å²) < 4.78 is 25.5. The first-order chi connectivity index (χ1) is 9.93. The van der Waals surface area contributed by atoms with E-state index in [4.69, 9.17) is 5.73 Å². The van der Waals surface area contributed by atoms with E-state index < -0.39 is 15.4 Å². The van der Waals surface area contributed by atoms with Crippen LogP contribution in [0.15, 0.2) is 29.2 Å². The Labute approximate surface area is 125 Å². The molecular formula is C14H21N3O3S. The fraction of sp³-hybridized carbons (Fsp3) is 0.500. The first kappa shape index (κ1) is 15.9. The van der Waals surface area contributed by atoms with Gasteiger partial charge in [0.25, 0.3) is 0 Å². The van der Waals surface area contributed by atoms with Gasteiger partial charge in [-0.05, 0) is 44.2 Å². The highest BCUT2D eigenvalue weighted by Crippen LogP contribution is 2.38. The van der Waals surface area contributed by atoms with Crippen LogP contribution in [0.1, 0.15) is 25.7 Å². The van der Waals surface area contributed by atoms with Gasteiger partial charge in [0, 0.05) is 12.2 Å². The first-order valence-corrected chi connectivity index (χ1v) is 8.47. The highest BCUT2D eigenvalue weighted by molar-refractivity contribution is 7.89. The second-order valence-corrected chi connectivity index (χ2v) is 7.26. The van der Waals surface area contributed by atoms with Crippen molar-refractivity contribution in [2.75, 3.05) is 18.9 Å². The van der Waals surface area contributed by atoms with Gasteiger partial charge < -0.3 is 11.1 Å². The molecule has 6 nitrogen and oxygen atoms in total. The predicted octanol–water partition coefficient (Wildman–Crippen LogP) is 1.05. The van der Waals surface area contributed by atoms with Crippen molar-refractivity contribution >= 4 is 21.6 Å². The molecule has 0 aliphatic heterocycles. The molecule has 1 aromatic rings. The summed E-state index contributed by atoms with van der Waals surface area (Å²) in [5.74, 6) is -0.0771. The summed E-state index contributed by atoms with van der Waals surface area (Å²) in [5.41, 5.74) is 5.88. The lowest BCUT2D eigenvalue weighted by atomic mass is 9.85. The van der Waals surface area contributed by atoms with E-state index in [-0.39, 0.29) is 10.8 Å². The molecule has 1 saturated carbocycles. The van der Waals surface area contributed by atoms with Crippen LogP contribution in [0.3, 0.4) is 0 Å². The maximum atomic E-state index is 12.4. The molecule has 21 heavy (non-hydrogen) atoms. The van der Waals surface area contributed by atoms with Crippen molar-refractivity contribution in [2.45, 2.75) is 30.6 Å². The number of carbonyl (C=O) groups is 1. The third-order valence-electron chi connectivity index (χ3n) is 4.12. The van der Waals surface area contributed by atoms with Crippen molar-refractivity contribution in [3.05, 3.63) is 24.3 Å². The number of hydrogen-bond acceptors (Lipinski definition) is 4. The number of rotatable bonds is 5. The van der Waals surface area contributed by atoms with Crippen LogP contribution in [-0.4, -0.2) is 27.9 Å². The van der Waals surface area contributed by atoms with Gasteiger partial charge in [0.1, 0.15) is 0 Å². The van der Waals surface area contributed by atoms with Gasteiger partial charge in [0.05, 0.1) is 10.3 Å². The average Bonchev–Trinajstić information content (AvgIpc) is 2.98. The monoisotopic (exact) mass is 311 g/mol. The van der Waals surface area contributed by atoms with Gasteiger partial charge in [-0.15, -0.1) is 0 Å². The summed E-state index contributed by atoms with van der Waals surface area (Å²) in [6.07, 6.45) is 3.65. The van der Waals surface area contributed by atoms with E-state index in [1.807, 2.05) is 0 Å². The molecule has 1 aromatic carbocycles. The van der Waals surface area contributed by atoms with Crippen LogP contribution in [0.5, 0.6) is 0 Å². The maximum absolute atomic E-state index is 12.4. The summed E-state index contributed by atoms with van der Waals surface area (Å²) in [7, 11) is -2.10. The highest BCUT2D eigenvalue weighted by Gasteiger charge is 2.39. The molecule has 0 aromatic heterocycles. The molecule has 0 unspecified atom stereocenters. The number of carbonyl (C=O) groups excluding carboxylic acids is 1. The standard InChI is InChI=1S/C14H21N3O3S/c1-16-21(19,20)12-6-4-11(5-7-12)17-13(18)14(10-15)8-2-3-9-14/h4-7,16H,2-3,8-10,15H2,1H3,(H,17,18). The molecule has 1 aliphatic carbocycles. The summed E-state index contributed by atoms with van der Waals surface area (Å²) in [4.78, 5) is 12.5. The Hall–Kier alpha value is -1.44. The van der Waals surface area contributed by atoms with E-state index in [1.54, 1.807) is 12.1 Å². The number of hydrogen-bond donors (Lipinski definition) is 3. The molecule has 1 amide bonds. The second-order valence-electron chi connectivity index (χ2n) is 5.38. The topological polar surface area (TPSA) is 101 Å². The number of benzene rings is 1. The maximum Gasteiger partial charge on any atom is 0.240 e. The zero-order valence-corrected chi connectivity index (χ0v) is 12.9. The van der Waals surface area contributed by atoms with Crippen LogP contribution >= 0.6 is 0 Å². The van der Waals surface area contributed by atoms with Crippen molar-refractivity contribution in [3.8, 4) is 0 Å². The van der Waals surface area contributed by atoms with Crippen molar-refractivity contribution in [1.82, 2.24) is 4.72 Å². The van der Waals surface area contributed by atoms with Crippen LogP contribution in [-0.2, 0) is 14.8 Å². The zero-order chi connectivity index (χ0) is 15.5. The summed E-state index contributed by atoms with van der Waals surface area (Å²) >= 11 is 0. The molecule has 0 atom stereocenters. The molecule has 116 valence electrons. The Morgan fingerprint density at radius 3 is 2.29 bits per heavy atom. The predicted molar refractivity (Wildman–Crippen MR) is 81.3 cm³/mol. The second kappa shape index (κ2) is 6.13. The van der Waals surface area contributed by atoms with E-state index in [9.17, 15) is 13.2 Å². The number of nitrogens with one attached hydrogen (secondary N) is 2. The van der Waals surface area contributed by atoms with Gasteiger partial charge in [-0.3, -0.25) is 4.79 Å². The lowest BCUT2D eigenvalue weighted by Gasteiger charge is -2.25. The number of anilines is 1. The SMILES string of the molecule is CNS(=O)(=O)c1ccc(NC(=O)C2(CN)CCCC2)cc1. The van der Waals surface area contributed by atoms with Crippen LogP contribution in [0.2, 0.25) is 0 Å². The smallest absolute Gasteiger partial charge is 0.240 e. The first-order valence-electron chi connectivity index (χ1n) is 6.99. The normalized spacial score (nSPS) is 17.6. The minimum absolute atomic E-state index is 0.0771. The zero-order valence-electron chi connectivity index (χ0n) is 12.1. The van der Waals surface area contributed by atoms with Gasteiger partial charge in [-0.2, -0.15) is 0 Å². The van der Waals surface area contributed by atoms with Gasteiger partial charge in [-0.25, -0.2) is 13.1 Å². The van der Waals surface area contributed by atoms with Crippen molar-refractivity contribution in [1.29, 1.82) is 0 Å². The van der Waals surface area contributed by atoms with Gasteiger partial charge in [0.2, 0.25) is 15.9 Å². The average molecular weight is 311 g/mol. The molecule has 0 heterocycles. The highest BCUT2D eigenvalue weighted by atomic mass is 32.2. The molecule has 0 radical (unpaired) electrons. The third-order valence-corrected chi connectivity index (χ3v) is 5.55. The van der Waals surface area contributed by atoms with Crippen molar-refractivity contribution in [3.63, 3.8) is 0 Å². The Morgan fingerprint density at radius 2 is 1.81 bits per heavy atom. The van der Waals surface area contributed by atoms with E-state index in [0.29, 0.717) is 12.2 Å². The fourth-order valence-electron chi connectivity index (χ4n) is 2.67. The molecule has 7 heteroatoms. The van der Waals surface area contributed by atoms with E-state index in [2.05, 4.69) is 10.0 Å². The lowest BCUT2D eigenvalue weighted by Crippen LogP contribution is -2.40. The largest absolute Gasteiger partial charge is 0.329 e. The Kier molecular flexibility index (Phi) is 4.65. The van der Waals surface area contributed by atoms with E-state index >= 15 is 0 Å². The third kappa shape index (κ3) is 3.25. The Morgan fingerprint density at radius 1 is 1.24 bits per heavy atom. The summed E-state index contributed by atoms with van der Waals surface area (Å²) in [5, 5.41) is 2.84. The molecule has 4 N–H and O–H groups in total. The molecule has 0 spiro atoms. The Balaban J connectivity index is 2.12. The molecule has 1 fully saturated rings.